The van der Waals surface area contributed by atoms with Gasteiger partial charge in [0.05, 0.1) is 23.2 Å². The van der Waals surface area contributed by atoms with Gasteiger partial charge in [-0.25, -0.2) is 4.98 Å². The van der Waals surface area contributed by atoms with E-state index in [1.165, 1.54) is 31.9 Å². The highest BCUT2D eigenvalue weighted by Gasteiger charge is 2.23. The lowest BCUT2D eigenvalue weighted by molar-refractivity contribution is -0.145. The topological polar surface area (TPSA) is 51.7 Å². The van der Waals surface area contributed by atoms with Crippen LogP contribution in [-0.4, -0.2) is 42.6 Å². The number of hydrogen-bond acceptors (Lipinski definition) is 6. The van der Waals surface area contributed by atoms with Crippen molar-refractivity contribution in [2.75, 3.05) is 26.7 Å². The summed E-state index contributed by atoms with van der Waals surface area (Å²) in [5.41, 5.74) is 2.23. The van der Waals surface area contributed by atoms with E-state index < -0.39 is 0 Å². The van der Waals surface area contributed by atoms with Crippen LogP contribution in [0.4, 0.5) is 0 Å². The Morgan fingerprint density at radius 1 is 1.16 bits per heavy atom. The average molecular weight is 439 g/mol. The number of carbonyl (C=O) groups excluding carboxylic acids is 1. The summed E-state index contributed by atoms with van der Waals surface area (Å²) in [6.07, 6.45) is 4.88. The summed E-state index contributed by atoms with van der Waals surface area (Å²) >= 11 is 1.56. The Labute approximate surface area is 188 Å². The van der Waals surface area contributed by atoms with Crippen LogP contribution in [0.1, 0.15) is 31.7 Å². The summed E-state index contributed by atoms with van der Waals surface area (Å²) in [5, 5.41) is 0.664. The summed E-state index contributed by atoms with van der Waals surface area (Å²) in [6.45, 7) is 4.68. The number of aromatic nitrogens is 1. The predicted molar refractivity (Wildman–Crippen MR) is 125 cm³/mol. The van der Waals surface area contributed by atoms with E-state index in [-0.39, 0.29) is 11.9 Å². The van der Waals surface area contributed by atoms with Gasteiger partial charge >= 0.3 is 5.97 Å². The first-order valence-corrected chi connectivity index (χ1v) is 11.8. The molecule has 1 unspecified atom stereocenters. The number of hydrogen-bond donors (Lipinski definition) is 0. The maximum absolute atomic E-state index is 11.8. The normalized spacial score (nSPS) is 14.7. The number of carbonyl (C=O) groups is 1. The molecule has 1 aromatic heterocycles. The first-order valence-electron chi connectivity index (χ1n) is 11.0. The fourth-order valence-electron chi connectivity index (χ4n) is 3.74. The molecule has 5 nitrogen and oxygen atoms in total. The van der Waals surface area contributed by atoms with Crippen molar-refractivity contribution in [3.05, 3.63) is 54.1 Å². The minimum absolute atomic E-state index is 0.103. The smallest absolute Gasteiger partial charge is 0.309 e. The zero-order chi connectivity index (χ0) is 21.6. The number of fused-ring (bicyclic) bond motifs is 1. The molecular formula is C25H30N2O3S. The standard InChI is InChI=1S/C25H30N2O3S/c1-18(24(28)29-2)17-27(15-13-19-7-8-19)16-14-20-9-11-21(12-10-20)30-25-26-22-5-3-4-6-23(22)31-25/h3-6,9-12,18-19H,7-8,13-17H2,1-2H3. The van der Waals surface area contributed by atoms with E-state index in [4.69, 9.17) is 9.47 Å². The highest BCUT2D eigenvalue weighted by atomic mass is 32.1. The molecule has 3 aromatic rings. The molecule has 0 bridgehead atoms. The molecule has 0 amide bonds. The van der Waals surface area contributed by atoms with E-state index in [2.05, 4.69) is 28.1 Å². The summed E-state index contributed by atoms with van der Waals surface area (Å²) in [6, 6.07) is 16.3. The Hall–Kier alpha value is -2.44. The maximum Gasteiger partial charge on any atom is 0.309 e. The molecule has 6 heteroatoms. The second-order valence-electron chi connectivity index (χ2n) is 8.40. The third kappa shape index (κ3) is 6.28. The largest absolute Gasteiger partial charge is 0.469 e. The van der Waals surface area contributed by atoms with Crippen LogP contribution in [0.15, 0.2) is 48.5 Å². The lowest BCUT2D eigenvalue weighted by atomic mass is 10.1. The molecule has 164 valence electrons. The Bertz CT molecular complexity index is 964. The van der Waals surface area contributed by atoms with Gasteiger partial charge in [-0.1, -0.05) is 55.4 Å². The molecule has 1 atom stereocenters. The molecule has 0 radical (unpaired) electrons. The Kier molecular flexibility index (Phi) is 7.20. The summed E-state index contributed by atoms with van der Waals surface area (Å²) in [7, 11) is 1.46. The lowest BCUT2D eigenvalue weighted by Gasteiger charge is -2.25. The quantitative estimate of drug-likeness (QED) is 0.368. The van der Waals surface area contributed by atoms with E-state index in [9.17, 15) is 4.79 Å². The van der Waals surface area contributed by atoms with Crippen LogP contribution in [-0.2, 0) is 16.0 Å². The van der Waals surface area contributed by atoms with E-state index >= 15 is 0 Å². The molecule has 1 saturated carbocycles. The van der Waals surface area contributed by atoms with Crippen LogP contribution in [0, 0.1) is 11.8 Å². The fourth-order valence-corrected chi connectivity index (χ4v) is 4.57. The van der Waals surface area contributed by atoms with Gasteiger partial charge in [-0.2, -0.15) is 0 Å². The lowest BCUT2D eigenvalue weighted by Crippen LogP contribution is -2.35. The van der Waals surface area contributed by atoms with Crippen LogP contribution in [0.25, 0.3) is 10.2 Å². The first-order chi connectivity index (χ1) is 15.1. The third-order valence-corrected chi connectivity index (χ3v) is 6.72. The molecule has 0 spiro atoms. The van der Waals surface area contributed by atoms with Crippen LogP contribution in [0.3, 0.4) is 0 Å². The highest BCUT2D eigenvalue weighted by molar-refractivity contribution is 7.20. The predicted octanol–water partition coefficient (Wildman–Crippen LogP) is 5.54. The first kappa shape index (κ1) is 21.8. The van der Waals surface area contributed by atoms with Gasteiger partial charge in [-0.15, -0.1) is 0 Å². The van der Waals surface area contributed by atoms with Crippen LogP contribution < -0.4 is 4.74 Å². The highest BCUT2D eigenvalue weighted by Crippen LogP contribution is 2.33. The maximum atomic E-state index is 11.8. The number of rotatable bonds is 11. The third-order valence-electron chi connectivity index (χ3n) is 5.81. The monoisotopic (exact) mass is 438 g/mol. The number of benzene rings is 2. The zero-order valence-electron chi connectivity index (χ0n) is 18.3. The molecule has 1 fully saturated rings. The van der Waals surface area contributed by atoms with Crippen LogP contribution in [0.5, 0.6) is 10.9 Å². The average Bonchev–Trinajstić information content (AvgIpc) is 3.53. The van der Waals surface area contributed by atoms with Gasteiger partial charge in [-0.3, -0.25) is 4.79 Å². The van der Waals surface area contributed by atoms with Gasteiger partial charge in [0, 0.05) is 13.1 Å². The molecular weight excluding hydrogens is 408 g/mol. The van der Waals surface area contributed by atoms with Gasteiger partial charge in [-0.05, 0) is 55.1 Å². The van der Waals surface area contributed by atoms with Gasteiger partial charge in [0.25, 0.3) is 5.19 Å². The van der Waals surface area contributed by atoms with Crippen molar-refractivity contribution in [3.63, 3.8) is 0 Å². The molecule has 1 aliphatic carbocycles. The minimum Gasteiger partial charge on any atom is -0.469 e. The fraction of sp³-hybridized carbons (Fsp3) is 0.440. The Morgan fingerprint density at radius 3 is 2.65 bits per heavy atom. The van der Waals surface area contributed by atoms with Gasteiger partial charge < -0.3 is 14.4 Å². The second kappa shape index (κ2) is 10.2. The van der Waals surface area contributed by atoms with E-state index in [1.807, 2.05) is 37.3 Å². The summed E-state index contributed by atoms with van der Waals surface area (Å²) < 4.78 is 12.0. The zero-order valence-corrected chi connectivity index (χ0v) is 19.1. The van der Waals surface area contributed by atoms with E-state index in [1.54, 1.807) is 11.3 Å². The van der Waals surface area contributed by atoms with Crippen LogP contribution in [0.2, 0.25) is 0 Å². The number of para-hydroxylation sites is 1. The van der Waals surface area contributed by atoms with E-state index in [0.29, 0.717) is 5.19 Å². The number of ether oxygens (including phenoxy) is 2. The van der Waals surface area contributed by atoms with Crippen LogP contribution >= 0.6 is 11.3 Å². The molecule has 0 saturated heterocycles. The van der Waals surface area contributed by atoms with Crippen molar-refractivity contribution in [1.29, 1.82) is 0 Å². The number of nitrogens with zero attached hydrogens (tertiary/aromatic N) is 2. The van der Waals surface area contributed by atoms with Gasteiger partial charge in [0.2, 0.25) is 0 Å². The van der Waals surface area contributed by atoms with Crippen molar-refractivity contribution in [3.8, 4) is 10.9 Å². The minimum atomic E-state index is -0.132. The SMILES string of the molecule is COC(=O)C(C)CN(CCc1ccc(Oc2nc3ccccc3s2)cc1)CCC1CC1. The molecule has 0 aliphatic heterocycles. The van der Waals surface area contributed by atoms with E-state index in [0.717, 1.165) is 47.9 Å². The number of thiazole rings is 1. The Balaban J connectivity index is 1.32. The summed E-state index contributed by atoms with van der Waals surface area (Å²) in [5.74, 6) is 1.45. The molecule has 31 heavy (non-hydrogen) atoms. The van der Waals surface area contributed by atoms with Gasteiger partial charge in [0.15, 0.2) is 0 Å². The Morgan fingerprint density at radius 2 is 1.94 bits per heavy atom. The van der Waals surface area contributed by atoms with Crippen molar-refractivity contribution in [2.24, 2.45) is 11.8 Å². The van der Waals surface area contributed by atoms with Gasteiger partial charge in [0.1, 0.15) is 5.75 Å². The van der Waals surface area contributed by atoms with Crippen molar-refractivity contribution >= 4 is 27.5 Å². The molecule has 4 rings (SSSR count). The number of methoxy groups -OCH3 is 1. The molecule has 1 heterocycles. The molecule has 1 aliphatic rings. The molecule has 0 N–H and O–H groups in total. The number of esters is 1. The second-order valence-corrected chi connectivity index (χ2v) is 9.39. The molecule has 2 aromatic carbocycles. The van der Waals surface area contributed by atoms with Crippen molar-refractivity contribution < 1.29 is 14.3 Å². The van der Waals surface area contributed by atoms with Crippen molar-refractivity contribution in [1.82, 2.24) is 9.88 Å². The van der Waals surface area contributed by atoms with Crippen molar-refractivity contribution in [2.45, 2.75) is 32.6 Å². The summed E-state index contributed by atoms with van der Waals surface area (Å²) in [4.78, 5) is 18.8.